The zero-order valence-electron chi connectivity index (χ0n) is 20.0. The van der Waals surface area contributed by atoms with Gasteiger partial charge in [0.05, 0.1) is 29.3 Å². The number of aromatic nitrogens is 4. The van der Waals surface area contributed by atoms with Crippen LogP contribution in [0.4, 0.5) is 21.7 Å². The Labute approximate surface area is 203 Å². The number of anilines is 3. The van der Waals surface area contributed by atoms with Crippen LogP contribution < -0.4 is 21.3 Å². The minimum atomic E-state index is -0.457. The first kappa shape index (κ1) is 23.2. The van der Waals surface area contributed by atoms with Crippen molar-refractivity contribution in [2.24, 2.45) is 12.8 Å². The molecule has 35 heavy (non-hydrogen) atoms. The van der Waals surface area contributed by atoms with Crippen molar-refractivity contribution < 1.29 is 9.18 Å². The summed E-state index contributed by atoms with van der Waals surface area (Å²) in [6.07, 6.45) is 9.13. The van der Waals surface area contributed by atoms with Crippen LogP contribution in [0.15, 0.2) is 36.8 Å². The van der Waals surface area contributed by atoms with Crippen molar-refractivity contribution >= 4 is 23.2 Å². The molecule has 9 nitrogen and oxygen atoms in total. The summed E-state index contributed by atoms with van der Waals surface area (Å²) in [6.45, 7) is 3.07. The Morgan fingerprint density at radius 2 is 2.09 bits per heavy atom. The Bertz CT molecular complexity index is 1220. The zero-order valence-corrected chi connectivity index (χ0v) is 20.0. The molecular formula is C25H31FN8O. The SMILES string of the molecule is C[C@@H]1[C@H](NC(=O)c2ccc(C3CC3)cc2F)CCCN1c1cnc(CN)c(Nc2cnn(C)c2)n1. The average Bonchev–Trinajstić information content (AvgIpc) is 3.62. The lowest BCUT2D eigenvalue weighted by atomic mass is 9.96. The molecule has 1 amide bonds. The Morgan fingerprint density at radius 3 is 2.77 bits per heavy atom. The largest absolute Gasteiger partial charge is 0.351 e. The summed E-state index contributed by atoms with van der Waals surface area (Å²) in [4.78, 5) is 24.4. The number of amides is 1. The van der Waals surface area contributed by atoms with Crippen LogP contribution in [0.1, 0.15) is 60.1 Å². The van der Waals surface area contributed by atoms with Gasteiger partial charge in [0.2, 0.25) is 0 Å². The molecule has 1 saturated heterocycles. The van der Waals surface area contributed by atoms with Gasteiger partial charge < -0.3 is 21.3 Å². The van der Waals surface area contributed by atoms with E-state index in [2.05, 4.69) is 25.6 Å². The van der Waals surface area contributed by atoms with Gasteiger partial charge in [-0.3, -0.25) is 14.5 Å². The smallest absolute Gasteiger partial charge is 0.254 e. The van der Waals surface area contributed by atoms with Gasteiger partial charge in [0.1, 0.15) is 11.6 Å². The van der Waals surface area contributed by atoms with Crippen LogP contribution >= 0.6 is 0 Å². The van der Waals surface area contributed by atoms with Crippen LogP contribution in [0, 0.1) is 5.82 Å². The number of nitrogens with one attached hydrogen (secondary N) is 2. The number of halogens is 1. The number of hydrogen-bond donors (Lipinski definition) is 3. The minimum Gasteiger partial charge on any atom is -0.351 e. The summed E-state index contributed by atoms with van der Waals surface area (Å²) in [6, 6.07) is 4.79. The molecule has 2 atom stereocenters. The molecule has 1 aliphatic heterocycles. The molecule has 184 valence electrons. The first-order chi connectivity index (χ1) is 16.9. The second kappa shape index (κ2) is 9.61. The lowest BCUT2D eigenvalue weighted by Crippen LogP contribution is -2.54. The van der Waals surface area contributed by atoms with E-state index in [-0.39, 0.29) is 30.1 Å². The molecule has 2 fully saturated rings. The number of rotatable bonds is 7. The first-order valence-electron chi connectivity index (χ1n) is 12.1. The third-order valence-corrected chi connectivity index (χ3v) is 6.88. The van der Waals surface area contributed by atoms with Crippen molar-refractivity contribution in [2.75, 3.05) is 16.8 Å². The number of hydrogen-bond acceptors (Lipinski definition) is 7. The second-order valence-electron chi connectivity index (χ2n) is 9.43. The van der Waals surface area contributed by atoms with Crippen molar-refractivity contribution in [2.45, 2.75) is 57.2 Å². The number of carbonyl (C=O) groups excluding carboxylic acids is 1. The number of benzene rings is 1. The topological polar surface area (TPSA) is 114 Å². The number of carbonyl (C=O) groups is 1. The molecule has 2 aliphatic rings. The van der Waals surface area contributed by atoms with Crippen molar-refractivity contribution in [3.63, 3.8) is 0 Å². The molecule has 0 bridgehead atoms. The number of nitrogens with two attached hydrogens (primary N) is 1. The maximum atomic E-state index is 14.7. The minimum absolute atomic E-state index is 0.0502. The van der Waals surface area contributed by atoms with E-state index in [1.165, 1.54) is 6.07 Å². The van der Waals surface area contributed by atoms with Gasteiger partial charge in [0.25, 0.3) is 5.91 Å². The lowest BCUT2D eigenvalue weighted by Gasteiger charge is -2.40. The third kappa shape index (κ3) is 4.97. The fraction of sp³-hybridized carbons (Fsp3) is 0.440. The molecule has 1 saturated carbocycles. The predicted molar refractivity (Wildman–Crippen MR) is 132 cm³/mol. The first-order valence-corrected chi connectivity index (χ1v) is 12.1. The van der Waals surface area contributed by atoms with Gasteiger partial charge in [-0.2, -0.15) is 5.10 Å². The van der Waals surface area contributed by atoms with Gasteiger partial charge in [-0.1, -0.05) is 6.07 Å². The Kier molecular flexibility index (Phi) is 6.38. The molecule has 10 heteroatoms. The summed E-state index contributed by atoms with van der Waals surface area (Å²) in [7, 11) is 1.84. The normalized spacial score (nSPS) is 20.1. The van der Waals surface area contributed by atoms with E-state index in [9.17, 15) is 9.18 Å². The molecular weight excluding hydrogens is 447 g/mol. The van der Waals surface area contributed by atoms with E-state index in [4.69, 9.17) is 10.7 Å². The van der Waals surface area contributed by atoms with Crippen LogP contribution in [-0.4, -0.2) is 44.3 Å². The lowest BCUT2D eigenvalue weighted by molar-refractivity contribution is 0.0920. The van der Waals surface area contributed by atoms with Gasteiger partial charge in [-0.25, -0.2) is 9.37 Å². The van der Waals surface area contributed by atoms with E-state index in [0.717, 1.165) is 43.5 Å². The van der Waals surface area contributed by atoms with E-state index in [0.29, 0.717) is 23.2 Å². The maximum absolute atomic E-state index is 14.7. The summed E-state index contributed by atoms with van der Waals surface area (Å²) in [5.41, 5.74) is 8.40. The molecule has 5 rings (SSSR count). The summed E-state index contributed by atoms with van der Waals surface area (Å²) in [5, 5.41) is 10.5. The summed E-state index contributed by atoms with van der Waals surface area (Å²) < 4.78 is 16.4. The highest BCUT2D eigenvalue weighted by Gasteiger charge is 2.32. The van der Waals surface area contributed by atoms with Crippen molar-refractivity contribution in [3.05, 3.63) is 59.4 Å². The number of piperidine rings is 1. The predicted octanol–water partition coefficient (Wildman–Crippen LogP) is 3.22. The quantitative estimate of drug-likeness (QED) is 0.478. The van der Waals surface area contributed by atoms with Gasteiger partial charge in [0, 0.05) is 38.4 Å². The van der Waals surface area contributed by atoms with E-state index in [1.807, 2.05) is 26.2 Å². The van der Waals surface area contributed by atoms with Crippen LogP contribution in [0.25, 0.3) is 0 Å². The molecule has 0 radical (unpaired) electrons. The third-order valence-electron chi connectivity index (χ3n) is 6.88. The Hall–Kier alpha value is -3.53. The molecule has 2 aromatic heterocycles. The van der Waals surface area contributed by atoms with Gasteiger partial charge in [-0.15, -0.1) is 0 Å². The van der Waals surface area contributed by atoms with Gasteiger partial charge >= 0.3 is 0 Å². The molecule has 1 aromatic carbocycles. The van der Waals surface area contributed by atoms with Crippen LogP contribution in [0.2, 0.25) is 0 Å². The van der Waals surface area contributed by atoms with Crippen molar-refractivity contribution in [1.29, 1.82) is 0 Å². The molecule has 4 N–H and O–H groups in total. The summed E-state index contributed by atoms with van der Waals surface area (Å²) in [5.74, 6) is 0.876. The number of nitrogens with zero attached hydrogens (tertiary/aromatic N) is 5. The Balaban J connectivity index is 1.31. The monoisotopic (exact) mass is 478 g/mol. The molecule has 1 aliphatic carbocycles. The van der Waals surface area contributed by atoms with Crippen LogP contribution in [-0.2, 0) is 13.6 Å². The molecule has 3 heterocycles. The molecule has 3 aromatic rings. The van der Waals surface area contributed by atoms with E-state index < -0.39 is 5.82 Å². The summed E-state index contributed by atoms with van der Waals surface area (Å²) >= 11 is 0. The van der Waals surface area contributed by atoms with Crippen LogP contribution in [0.5, 0.6) is 0 Å². The van der Waals surface area contributed by atoms with Crippen molar-refractivity contribution in [3.8, 4) is 0 Å². The van der Waals surface area contributed by atoms with E-state index >= 15 is 0 Å². The molecule has 0 spiro atoms. The average molecular weight is 479 g/mol. The number of aryl methyl sites for hydroxylation is 1. The highest BCUT2D eigenvalue weighted by molar-refractivity contribution is 5.94. The van der Waals surface area contributed by atoms with Crippen LogP contribution in [0.3, 0.4) is 0 Å². The zero-order chi connectivity index (χ0) is 24.5. The highest BCUT2D eigenvalue weighted by Crippen LogP contribution is 2.40. The van der Waals surface area contributed by atoms with Gasteiger partial charge in [-0.05, 0) is 56.2 Å². The fourth-order valence-corrected chi connectivity index (χ4v) is 4.71. The standard InChI is InChI=1S/C25H31FN8O/c1-15-21(31-25(35)19-8-7-17(10-20(19)26)16-5-6-16)4-3-9-34(15)23-13-28-22(11-27)24(32-23)30-18-12-29-33(2)14-18/h7-8,10,12-16,21H,3-6,9,11,27H2,1-2H3,(H,30,32)(H,31,35)/t15-,21-/m1/s1. The molecule has 0 unspecified atom stereocenters. The van der Waals surface area contributed by atoms with Gasteiger partial charge in [0.15, 0.2) is 5.82 Å². The fourth-order valence-electron chi connectivity index (χ4n) is 4.71. The second-order valence-corrected chi connectivity index (χ2v) is 9.43. The van der Waals surface area contributed by atoms with E-state index in [1.54, 1.807) is 23.1 Å². The Morgan fingerprint density at radius 1 is 1.26 bits per heavy atom. The van der Waals surface area contributed by atoms with Crippen molar-refractivity contribution in [1.82, 2.24) is 25.1 Å². The highest BCUT2D eigenvalue weighted by atomic mass is 19.1. The maximum Gasteiger partial charge on any atom is 0.254 e.